The number of ether oxygens (including phenoxy) is 1. The smallest absolute Gasteiger partial charge is 1.00 e. The summed E-state index contributed by atoms with van der Waals surface area (Å²) < 4.78 is 38.5. The van der Waals surface area contributed by atoms with E-state index in [0.29, 0.717) is 5.56 Å². The fraction of sp³-hybridized carbons (Fsp3) is 0.125. The first-order valence-electron chi connectivity index (χ1n) is 3.15. The molecule has 1 rings (SSSR count). The molecule has 1 aromatic carbocycles. The zero-order valence-corrected chi connectivity index (χ0v) is 10.1. The van der Waals surface area contributed by atoms with E-state index < -0.39 is 6.36 Å². The van der Waals surface area contributed by atoms with E-state index >= 15 is 0 Å². The average molecular weight is 279 g/mol. The van der Waals surface area contributed by atoms with Gasteiger partial charge in [-0.3, -0.25) is 0 Å². The van der Waals surface area contributed by atoms with Crippen molar-refractivity contribution >= 4 is 23.1 Å². The zero-order chi connectivity index (χ0) is 9.19. The van der Waals surface area contributed by atoms with E-state index in [0.717, 1.165) is 0 Å². The van der Waals surface area contributed by atoms with Gasteiger partial charge in [0.15, 0.2) is 0 Å². The van der Waals surface area contributed by atoms with Crippen LogP contribution in [0, 0.1) is 6.92 Å². The molecule has 0 amide bonds. The molecule has 1 aromatic rings. The number of benzene rings is 1. The van der Waals surface area contributed by atoms with Gasteiger partial charge in [0.05, 0.1) is 5.75 Å². The molecule has 14 heavy (non-hydrogen) atoms. The summed E-state index contributed by atoms with van der Waals surface area (Å²) in [4.78, 5) is 0. The summed E-state index contributed by atoms with van der Waals surface area (Å²) in [5, 5.41) is 0. The van der Waals surface area contributed by atoms with Gasteiger partial charge in [-0.2, -0.15) is 18.6 Å². The molecule has 0 aliphatic heterocycles. The Bertz CT molecular complexity index is 278. The van der Waals surface area contributed by atoms with Crippen molar-refractivity contribution in [3.05, 3.63) is 36.8 Å². The van der Waals surface area contributed by atoms with Gasteiger partial charge in [-0.15, -0.1) is 25.3 Å². The summed E-state index contributed by atoms with van der Waals surface area (Å²) >= 11 is 0. The molecule has 0 N–H and O–H groups in total. The molecule has 0 unspecified atom stereocenters. The van der Waals surface area contributed by atoms with Gasteiger partial charge in [0.25, 0.3) is 0 Å². The van der Waals surface area contributed by atoms with E-state index in [1.165, 1.54) is 18.2 Å². The Morgan fingerprint density at radius 2 is 1.79 bits per heavy atom. The van der Waals surface area contributed by atoms with Crippen LogP contribution in [0.2, 0.25) is 0 Å². The van der Waals surface area contributed by atoms with Crippen LogP contribution in [-0.4, -0.2) is 29.4 Å². The van der Waals surface area contributed by atoms with Gasteiger partial charge in [0.1, 0.15) is 0 Å². The molecule has 0 radical (unpaired) electrons. The second-order valence-corrected chi connectivity index (χ2v) is 2.20. The molecule has 0 bridgehead atoms. The summed E-state index contributed by atoms with van der Waals surface area (Å²) in [5.74, 6) is -0.241. The zero-order valence-electron chi connectivity index (χ0n) is 7.14. The molecular formula is C8H6BrF3MgO. The number of hydrogen-bond acceptors (Lipinski definition) is 1. The van der Waals surface area contributed by atoms with Gasteiger partial charge in [-0.25, -0.2) is 0 Å². The summed E-state index contributed by atoms with van der Waals surface area (Å²) in [5.41, 5.74) is 0.483. The topological polar surface area (TPSA) is 9.23 Å². The maximum atomic E-state index is 11.6. The summed E-state index contributed by atoms with van der Waals surface area (Å²) in [6.45, 7) is 3.46. The molecule has 6 heteroatoms. The first kappa shape index (κ1) is 16.4. The third-order valence-corrected chi connectivity index (χ3v) is 1.13. The molecule has 0 atom stereocenters. The van der Waals surface area contributed by atoms with Crippen molar-refractivity contribution in [3.63, 3.8) is 0 Å². The summed E-state index contributed by atoms with van der Waals surface area (Å²) in [6.07, 6.45) is -4.63. The van der Waals surface area contributed by atoms with Crippen molar-refractivity contribution < 1.29 is 34.9 Å². The molecule has 1 nitrogen and oxygen atoms in total. The van der Waals surface area contributed by atoms with Crippen LogP contribution in [0.4, 0.5) is 13.2 Å². The van der Waals surface area contributed by atoms with E-state index in [9.17, 15) is 13.2 Å². The number of rotatable bonds is 1. The maximum Gasteiger partial charge on any atom is 2.00 e. The molecule has 0 heterocycles. The molecule has 0 saturated heterocycles. The van der Waals surface area contributed by atoms with E-state index in [1.54, 1.807) is 6.07 Å². The fourth-order valence-electron chi connectivity index (χ4n) is 0.743. The molecule has 0 aromatic heterocycles. The Hall–Kier alpha value is -0.0738. The largest absolute Gasteiger partial charge is 2.00 e. The van der Waals surface area contributed by atoms with Crippen molar-refractivity contribution in [1.29, 1.82) is 0 Å². The minimum atomic E-state index is -4.63. The van der Waals surface area contributed by atoms with Crippen molar-refractivity contribution in [1.82, 2.24) is 0 Å². The van der Waals surface area contributed by atoms with Crippen LogP contribution < -0.4 is 21.7 Å². The van der Waals surface area contributed by atoms with Gasteiger partial charge in [-0.1, -0.05) is 0 Å². The molecule has 74 valence electrons. The maximum absolute atomic E-state index is 11.6. The quantitative estimate of drug-likeness (QED) is 0.492. The normalized spacial score (nSPS) is 9.64. The third-order valence-electron chi connectivity index (χ3n) is 1.13. The van der Waals surface area contributed by atoms with Crippen LogP contribution in [0.25, 0.3) is 0 Å². The Labute approximate surface area is 107 Å². The fourth-order valence-corrected chi connectivity index (χ4v) is 0.743. The van der Waals surface area contributed by atoms with E-state index in [-0.39, 0.29) is 45.8 Å². The van der Waals surface area contributed by atoms with Gasteiger partial charge < -0.3 is 21.7 Å². The van der Waals surface area contributed by atoms with Crippen LogP contribution in [0.1, 0.15) is 5.56 Å². The predicted molar refractivity (Wildman–Crippen MR) is 43.3 cm³/mol. The first-order chi connectivity index (χ1) is 5.47. The Kier molecular flexibility index (Phi) is 7.50. The average Bonchev–Trinajstić information content (AvgIpc) is 1.82. The Balaban J connectivity index is 0. The van der Waals surface area contributed by atoms with Crippen LogP contribution in [0.5, 0.6) is 5.75 Å². The van der Waals surface area contributed by atoms with Gasteiger partial charge in [-0.05, 0) is 6.07 Å². The molecular weight excluding hydrogens is 273 g/mol. The van der Waals surface area contributed by atoms with E-state index in [2.05, 4.69) is 11.7 Å². The first-order valence-corrected chi connectivity index (χ1v) is 3.15. The van der Waals surface area contributed by atoms with Crippen molar-refractivity contribution in [2.75, 3.05) is 0 Å². The van der Waals surface area contributed by atoms with E-state index in [1.807, 2.05) is 0 Å². The Morgan fingerprint density at radius 1 is 1.21 bits per heavy atom. The van der Waals surface area contributed by atoms with Crippen molar-refractivity contribution in [2.24, 2.45) is 0 Å². The standard InChI is InChI=1S/C8H6F3O.BrH.Mg/c1-6-3-2-4-7(5-6)12-8(9,10)11;;/h2-5H,1H2;1H;/q-1;;+2/p-1. The van der Waals surface area contributed by atoms with Crippen LogP contribution in [0.15, 0.2) is 24.3 Å². The number of halogens is 4. The minimum absolute atomic E-state index is 0. The molecule has 0 fully saturated rings. The van der Waals surface area contributed by atoms with Gasteiger partial charge in [0, 0.05) is 0 Å². The summed E-state index contributed by atoms with van der Waals surface area (Å²) in [6, 6.07) is 5.47. The van der Waals surface area contributed by atoms with Crippen molar-refractivity contribution in [3.8, 4) is 5.75 Å². The molecule has 0 aliphatic rings. The van der Waals surface area contributed by atoms with Crippen LogP contribution in [-0.2, 0) is 0 Å². The second kappa shape index (κ2) is 6.42. The summed E-state index contributed by atoms with van der Waals surface area (Å²) in [7, 11) is 0. The second-order valence-electron chi connectivity index (χ2n) is 2.20. The number of hydrogen-bond donors (Lipinski definition) is 0. The SMILES string of the molecule is [Br-].[CH2-]c1cccc(OC(F)(F)F)c1.[Mg+2]. The van der Waals surface area contributed by atoms with E-state index in [4.69, 9.17) is 0 Å². The van der Waals surface area contributed by atoms with Crippen LogP contribution >= 0.6 is 0 Å². The van der Waals surface area contributed by atoms with Crippen molar-refractivity contribution in [2.45, 2.75) is 6.36 Å². The van der Waals surface area contributed by atoms with Crippen LogP contribution in [0.3, 0.4) is 0 Å². The van der Waals surface area contributed by atoms with Gasteiger partial charge in [0.2, 0.25) is 0 Å². The minimum Gasteiger partial charge on any atom is -1.00 e. The third kappa shape index (κ3) is 6.39. The predicted octanol–water partition coefficient (Wildman–Crippen LogP) is -0.609. The molecule has 0 spiro atoms. The Morgan fingerprint density at radius 3 is 2.21 bits per heavy atom. The number of alkyl halides is 3. The monoisotopic (exact) mass is 278 g/mol. The molecule has 0 saturated carbocycles. The molecule has 0 aliphatic carbocycles. The van der Waals surface area contributed by atoms with Gasteiger partial charge >= 0.3 is 29.4 Å².